The van der Waals surface area contributed by atoms with Gasteiger partial charge in [-0.1, -0.05) is 0 Å². The maximum Gasteiger partial charge on any atom is 0.311 e. The van der Waals surface area contributed by atoms with Gasteiger partial charge in [-0.3, -0.25) is 4.79 Å². The van der Waals surface area contributed by atoms with Crippen LogP contribution < -0.4 is 0 Å². The molecule has 0 spiro atoms. The molecule has 0 aromatic rings. The first-order valence-corrected chi connectivity index (χ1v) is 4.02. The fourth-order valence-electron chi connectivity index (χ4n) is 0.589. The topological polar surface area (TPSA) is 50.2 Å². The van der Waals surface area contributed by atoms with Crippen LogP contribution in [0.3, 0.4) is 0 Å². The predicted molar refractivity (Wildman–Crippen MR) is 44.3 cm³/mol. The van der Waals surface area contributed by atoms with E-state index in [4.69, 9.17) is 17.0 Å². The molecule has 0 aliphatic heterocycles. The van der Waals surface area contributed by atoms with E-state index in [1.54, 1.807) is 6.92 Å². The van der Waals surface area contributed by atoms with E-state index in [0.29, 0.717) is 24.6 Å². The van der Waals surface area contributed by atoms with Gasteiger partial charge in [0, 0.05) is 11.6 Å². The first-order valence-electron chi connectivity index (χ1n) is 3.48. The van der Waals surface area contributed by atoms with Crippen molar-refractivity contribution in [3.8, 4) is 0 Å². The van der Waals surface area contributed by atoms with Crippen molar-refractivity contribution >= 4 is 23.3 Å². The van der Waals surface area contributed by atoms with Gasteiger partial charge in [0.15, 0.2) is 0 Å². The standard InChI is InChI=1S/C7H12ClNO2/c1-2-11-7(10)5-6(9)3-4-8/h9H,2-5H2,1H3. The van der Waals surface area contributed by atoms with Gasteiger partial charge in [0.05, 0.1) is 13.0 Å². The summed E-state index contributed by atoms with van der Waals surface area (Å²) < 4.78 is 4.64. The van der Waals surface area contributed by atoms with Crippen molar-refractivity contribution in [2.45, 2.75) is 19.8 Å². The number of halogens is 1. The molecule has 0 fully saturated rings. The van der Waals surface area contributed by atoms with Crippen LogP contribution in [0.15, 0.2) is 0 Å². The average Bonchev–Trinajstić information content (AvgIpc) is 1.87. The summed E-state index contributed by atoms with van der Waals surface area (Å²) in [7, 11) is 0. The Morgan fingerprint density at radius 2 is 2.27 bits per heavy atom. The van der Waals surface area contributed by atoms with Gasteiger partial charge in [0.25, 0.3) is 0 Å². The Balaban J connectivity index is 3.49. The summed E-state index contributed by atoms with van der Waals surface area (Å²) >= 11 is 5.36. The Morgan fingerprint density at radius 1 is 1.64 bits per heavy atom. The van der Waals surface area contributed by atoms with Gasteiger partial charge in [0.2, 0.25) is 0 Å². The number of ether oxygens (including phenoxy) is 1. The van der Waals surface area contributed by atoms with Crippen molar-refractivity contribution in [1.82, 2.24) is 0 Å². The minimum Gasteiger partial charge on any atom is -0.466 e. The van der Waals surface area contributed by atoms with Crippen molar-refractivity contribution in [1.29, 1.82) is 5.41 Å². The largest absolute Gasteiger partial charge is 0.466 e. The van der Waals surface area contributed by atoms with Gasteiger partial charge in [0.1, 0.15) is 0 Å². The highest BCUT2D eigenvalue weighted by Gasteiger charge is 2.05. The van der Waals surface area contributed by atoms with Crippen molar-refractivity contribution in [3.63, 3.8) is 0 Å². The smallest absolute Gasteiger partial charge is 0.311 e. The van der Waals surface area contributed by atoms with E-state index in [9.17, 15) is 4.79 Å². The van der Waals surface area contributed by atoms with Crippen LogP contribution >= 0.6 is 11.6 Å². The summed E-state index contributed by atoms with van der Waals surface area (Å²) in [6.07, 6.45) is 0.529. The zero-order valence-electron chi connectivity index (χ0n) is 6.52. The number of esters is 1. The molecule has 0 saturated carbocycles. The molecule has 0 heterocycles. The molecule has 0 saturated heterocycles. The van der Waals surface area contributed by atoms with Crippen LogP contribution in [0.2, 0.25) is 0 Å². The first kappa shape index (κ1) is 10.4. The number of carbonyl (C=O) groups is 1. The summed E-state index contributed by atoms with van der Waals surface area (Å²) in [5.74, 6) is 0.0423. The number of nitrogens with one attached hydrogen (secondary N) is 1. The fourth-order valence-corrected chi connectivity index (χ4v) is 0.817. The molecule has 64 valence electrons. The van der Waals surface area contributed by atoms with Gasteiger partial charge in [-0.2, -0.15) is 0 Å². The maximum absolute atomic E-state index is 10.7. The van der Waals surface area contributed by atoms with Crippen molar-refractivity contribution < 1.29 is 9.53 Å². The second-order valence-corrected chi connectivity index (χ2v) is 2.40. The first-order chi connectivity index (χ1) is 5.20. The lowest BCUT2D eigenvalue weighted by molar-refractivity contribution is -0.141. The maximum atomic E-state index is 10.7. The van der Waals surface area contributed by atoms with Crippen molar-refractivity contribution in [2.24, 2.45) is 0 Å². The minimum atomic E-state index is -0.345. The Hall–Kier alpha value is -0.570. The molecule has 0 aliphatic rings. The zero-order chi connectivity index (χ0) is 8.69. The molecule has 0 rings (SSSR count). The summed E-state index contributed by atoms with van der Waals surface area (Å²) in [5, 5.41) is 7.21. The molecule has 0 aromatic carbocycles. The quantitative estimate of drug-likeness (QED) is 0.394. The molecule has 11 heavy (non-hydrogen) atoms. The van der Waals surface area contributed by atoms with E-state index < -0.39 is 0 Å². The van der Waals surface area contributed by atoms with Gasteiger partial charge in [-0.15, -0.1) is 11.6 Å². The molecule has 0 unspecified atom stereocenters. The molecular formula is C7H12ClNO2. The zero-order valence-corrected chi connectivity index (χ0v) is 7.28. The molecule has 0 aliphatic carbocycles. The molecular weight excluding hydrogens is 166 g/mol. The monoisotopic (exact) mass is 177 g/mol. The number of carbonyl (C=O) groups excluding carboxylic acids is 1. The normalized spacial score (nSPS) is 9.27. The third-order valence-corrected chi connectivity index (χ3v) is 1.25. The Bertz CT molecular complexity index is 131. The second kappa shape index (κ2) is 6.16. The van der Waals surface area contributed by atoms with Crippen LogP contribution in [-0.2, 0) is 9.53 Å². The highest BCUT2D eigenvalue weighted by molar-refractivity contribution is 6.19. The second-order valence-electron chi connectivity index (χ2n) is 2.02. The van der Waals surface area contributed by atoms with E-state index in [1.165, 1.54) is 0 Å². The van der Waals surface area contributed by atoms with Crippen LogP contribution in [0.1, 0.15) is 19.8 Å². The predicted octanol–water partition coefficient (Wildman–Crippen LogP) is 1.59. The highest BCUT2D eigenvalue weighted by atomic mass is 35.5. The Morgan fingerprint density at radius 3 is 2.73 bits per heavy atom. The SMILES string of the molecule is CCOC(=O)CC(=N)CCCl. The molecule has 0 radical (unpaired) electrons. The van der Waals surface area contributed by atoms with Crippen LogP contribution in [-0.4, -0.2) is 24.2 Å². The molecule has 0 atom stereocenters. The highest BCUT2D eigenvalue weighted by Crippen LogP contribution is 1.95. The van der Waals surface area contributed by atoms with E-state index in [0.717, 1.165) is 0 Å². The summed E-state index contributed by atoms with van der Waals surface area (Å²) in [4.78, 5) is 10.7. The average molecular weight is 178 g/mol. The van der Waals surface area contributed by atoms with Crippen molar-refractivity contribution in [3.05, 3.63) is 0 Å². The lowest BCUT2D eigenvalue weighted by Gasteiger charge is -2.00. The van der Waals surface area contributed by atoms with Crippen molar-refractivity contribution in [2.75, 3.05) is 12.5 Å². The van der Waals surface area contributed by atoms with Gasteiger partial charge < -0.3 is 10.1 Å². The van der Waals surface area contributed by atoms with Crippen LogP contribution in [0, 0.1) is 5.41 Å². The fraction of sp³-hybridized carbons (Fsp3) is 0.714. The molecule has 0 amide bonds. The Kier molecular flexibility index (Phi) is 5.84. The molecule has 1 N–H and O–H groups in total. The third kappa shape index (κ3) is 5.85. The van der Waals surface area contributed by atoms with Gasteiger partial charge >= 0.3 is 5.97 Å². The van der Waals surface area contributed by atoms with E-state index in [1.807, 2.05) is 0 Å². The minimum absolute atomic E-state index is 0.0700. The number of hydrogen-bond acceptors (Lipinski definition) is 3. The molecule has 0 aromatic heterocycles. The van der Waals surface area contributed by atoms with Crippen LogP contribution in [0.4, 0.5) is 0 Å². The number of rotatable bonds is 5. The molecule has 3 nitrogen and oxygen atoms in total. The lowest BCUT2D eigenvalue weighted by Crippen LogP contribution is -2.10. The lowest BCUT2D eigenvalue weighted by atomic mass is 10.2. The Labute approximate surface area is 71.2 Å². The summed E-state index contributed by atoms with van der Waals surface area (Å²) in [5.41, 5.74) is 0.332. The van der Waals surface area contributed by atoms with E-state index >= 15 is 0 Å². The third-order valence-electron chi connectivity index (χ3n) is 1.06. The number of hydrogen-bond donors (Lipinski definition) is 1. The van der Waals surface area contributed by atoms with Crippen LogP contribution in [0.5, 0.6) is 0 Å². The van der Waals surface area contributed by atoms with Crippen LogP contribution in [0.25, 0.3) is 0 Å². The molecule has 0 bridgehead atoms. The summed E-state index contributed by atoms with van der Waals surface area (Å²) in [6.45, 7) is 2.11. The number of alkyl halides is 1. The van der Waals surface area contributed by atoms with Gasteiger partial charge in [-0.05, 0) is 13.3 Å². The van der Waals surface area contributed by atoms with E-state index in [-0.39, 0.29) is 12.4 Å². The van der Waals surface area contributed by atoms with E-state index in [2.05, 4.69) is 4.74 Å². The van der Waals surface area contributed by atoms with Gasteiger partial charge in [-0.25, -0.2) is 0 Å². The molecule has 4 heteroatoms. The summed E-state index contributed by atoms with van der Waals surface area (Å²) in [6, 6.07) is 0.